The van der Waals surface area contributed by atoms with Crippen molar-refractivity contribution in [1.29, 1.82) is 0 Å². The van der Waals surface area contributed by atoms with Crippen molar-refractivity contribution < 1.29 is 19.1 Å². The molecule has 0 radical (unpaired) electrons. The Bertz CT molecular complexity index is 388. The summed E-state index contributed by atoms with van der Waals surface area (Å²) in [6.45, 7) is 1.74. The van der Waals surface area contributed by atoms with Crippen LogP contribution in [0.2, 0.25) is 0 Å². The van der Waals surface area contributed by atoms with Crippen LogP contribution in [0.3, 0.4) is 0 Å². The summed E-state index contributed by atoms with van der Waals surface area (Å²) >= 11 is 1.39. The number of amides is 1. The second-order valence-corrected chi connectivity index (χ2v) is 3.85. The number of carbonyl (C=O) groups excluding carboxylic acids is 1. The van der Waals surface area contributed by atoms with E-state index in [0.717, 1.165) is 0 Å². The Hall–Kier alpha value is -1.43. The summed E-state index contributed by atoms with van der Waals surface area (Å²) in [4.78, 5) is 23.6. The summed E-state index contributed by atoms with van der Waals surface area (Å²) in [6, 6.07) is 3.24. The van der Waals surface area contributed by atoms with E-state index in [9.17, 15) is 9.59 Å². The predicted molar refractivity (Wildman–Crippen MR) is 59.7 cm³/mol. The Morgan fingerprint density at radius 1 is 1.50 bits per heavy atom. The van der Waals surface area contributed by atoms with Crippen molar-refractivity contribution in [3.8, 4) is 0 Å². The lowest BCUT2D eigenvalue weighted by Gasteiger charge is -2.16. The number of likely N-dealkylation sites (N-methyl/N-ethyl adjacent to an activating group) is 1. The number of carbonyl (C=O) groups is 2. The van der Waals surface area contributed by atoms with E-state index in [1.54, 1.807) is 19.1 Å². The van der Waals surface area contributed by atoms with Crippen LogP contribution in [0.1, 0.15) is 17.5 Å². The van der Waals surface area contributed by atoms with Crippen molar-refractivity contribution in [3.05, 3.63) is 17.9 Å². The fraction of sp³-hybridized carbons (Fsp3) is 0.400. The zero-order valence-corrected chi connectivity index (χ0v) is 9.91. The molecule has 1 rings (SSSR count). The number of carboxylic acids is 1. The van der Waals surface area contributed by atoms with Crippen molar-refractivity contribution in [1.82, 2.24) is 4.90 Å². The number of carboxylic acid groups (broad SMARTS) is 1. The lowest BCUT2D eigenvalue weighted by atomic mass is 10.3. The van der Waals surface area contributed by atoms with Crippen LogP contribution in [-0.4, -0.2) is 41.2 Å². The van der Waals surface area contributed by atoms with Gasteiger partial charge in [0, 0.05) is 6.54 Å². The van der Waals surface area contributed by atoms with E-state index >= 15 is 0 Å². The van der Waals surface area contributed by atoms with Gasteiger partial charge in [0.15, 0.2) is 10.9 Å². The van der Waals surface area contributed by atoms with Crippen LogP contribution in [0.25, 0.3) is 0 Å². The van der Waals surface area contributed by atoms with Gasteiger partial charge in [0.2, 0.25) is 0 Å². The fourth-order valence-corrected chi connectivity index (χ4v) is 1.57. The van der Waals surface area contributed by atoms with Gasteiger partial charge in [-0.2, -0.15) is 0 Å². The Balaban J connectivity index is 2.78. The van der Waals surface area contributed by atoms with Gasteiger partial charge in [-0.15, -0.1) is 0 Å². The third kappa shape index (κ3) is 3.03. The molecule has 0 bridgehead atoms. The van der Waals surface area contributed by atoms with Crippen LogP contribution >= 0.6 is 11.8 Å². The van der Waals surface area contributed by atoms with Crippen molar-refractivity contribution in [2.45, 2.75) is 12.0 Å². The van der Waals surface area contributed by atoms with Crippen molar-refractivity contribution in [2.24, 2.45) is 0 Å². The van der Waals surface area contributed by atoms with E-state index in [4.69, 9.17) is 9.52 Å². The topological polar surface area (TPSA) is 70.8 Å². The first-order valence-corrected chi connectivity index (χ1v) is 5.95. The maximum atomic E-state index is 11.8. The molecule has 0 aliphatic heterocycles. The van der Waals surface area contributed by atoms with Crippen LogP contribution in [0.4, 0.5) is 0 Å². The van der Waals surface area contributed by atoms with E-state index in [1.165, 1.54) is 16.7 Å². The number of aliphatic carboxylic acids is 1. The van der Waals surface area contributed by atoms with E-state index in [1.807, 2.05) is 6.26 Å². The van der Waals surface area contributed by atoms with E-state index in [2.05, 4.69) is 0 Å². The summed E-state index contributed by atoms with van der Waals surface area (Å²) in [5.41, 5.74) is 0. The van der Waals surface area contributed by atoms with Gasteiger partial charge in [0.05, 0.1) is 0 Å². The lowest BCUT2D eigenvalue weighted by molar-refractivity contribution is -0.137. The maximum absolute atomic E-state index is 11.8. The second-order valence-electron chi connectivity index (χ2n) is 3.04. The number of hydrogen-bond acceptors (Lipinski definition) is 4. The molecule has 16 heavy (non-hydrogen) atoms. The third-order valence-corrected chi connectivity index (χ3v) is 2.61. The molecule has 0 atom stereocenters. The molecule has 1 amide bonds. The highest BCUT2D eigenvalue weighted by atomic mass is 32.2. The molecule has 5 nitrogen and oxygen atoms in total. The van der Waals surface area contributed by atoms with Crippen LogP contribution in [-0.2, 0) is 4.79 Å². The molecular weight excluding hydrogens is 230 g/mol. The summed E-state index contributed by atoms with van der Waals surface area (Å²) < 4.78 is 5.24. The molecule has 1 aromatic heterocycles. The molecule has 0 spiro atoms. The minimum Gasteiger partial charge on any atom is -0.480 e. The SMILES string of the molecule is CCN(CC(=O)O)C(=O)c1ccc(SC)o1. The molecule has 0 unspecified atom stereocenters. The monoisotopic (exact) mass is 243 g/mol. The zero-order chi connectivity index (χ0) is 12.1. The molecule has 0 aromatic carbocycles. The van der Waals surface area contributed by atoms with Crippen molar-refractivity contribution >= 4 is 23.6 Å². The highest BCUT2D eigenvalue weighted by molar-refractivity contribution is 7.98. The standard InChI is InChI=1S/C10H13NO4S/c1-3-11(6-8(12)13)10(14)7-4-5-9(15-7)16-2/h4-5H,3,6H2,1-2H3,(H,12,13). The molecule has 0 aliphatic carbocycles. The quantitative estimate of drug-likeness (QED) is 0.794. The van der Waals surface area contributed by atoms with Gasteiger partial charge in [0.1, 0.15) is 6.54 Å². The number of thioether (sulfide) groups is 1. The lowest BCUT2D eigenvalue weighted by Crippen LogP contribution is -2.35. The first-order chi connectivity index (χ1) is 7.58. The molecule has 0 saturated carbocycles. The van der Waals surface area contributed by atoms with Crippen LogP contribution in [0, 0.1) is 0 Å². The highest BCUT2D eigenvalue weighted by Crippen LogP contribution is 2.19. The van der Waals surface area contributed by atoms with E-state index < -0.39 is 11.9 Å². The largest absolute Gasteiger partial charge is 0.480 e. The molecule has 1 heterocycles. The van der Waals surface area contributed by atoms with Gasteiger partial charge >= 0.3 is 5.97 Å². The average molecular weight is 243 g/mol. The zero-order valence-electron chi connectivity index (χ0n) is 9.10. The number of hydrogen-bond donors (Lipinski definition) is 1. The van der Waals surface area contributed by atoms with E-state index in [0.29, 0.717) is 11.6 Å². The highest BCUT2D eigenvalue weighted by Gasteiger charge is 2.19. The molecular formula is C10H13NO4S. The predicted octanol–water partition coefficient (Wildman–Crippen LogP) is 1.55. The van der Waals surface area contributed by atoms with Crippen molar-refractivity contribution in [3.63, 3.8) is 0 Å². The van der Waals surface area contributed by atoms with Crippen molar-refractivity contribution in [2.75, 3.05) is 19.3 Å². The molecule has 1 aromatic rings. The summed E-state index contributed by atoms with van der Waals surface area (Å²) in [7, 11) is 0. The van der Waals surface area contributed by atoms with Crippen LogP contribution in [0.15, 0.2) is 21.6 Å². The summed E-state index contributed by atoms with van der Waals surface area (Å²) in [6.07, 6.45) is 1.84. The number of rotatable bonds is 5. The molecule has 6 heteroatoms. The first-order valence-electron chi connectivity index (χ1n) is 4.73. The minimum absolute atomic E-state index is 0.174. The first kappa shape index (κ1) is 12.6. The maximum Gasteiger partial charge on any atom is 0.323 e. The molecule has 1 N–H and O–H groups in total. The molecule has 88 valence electrons. The Kier molecular flexibility index (Phi) is 4.42. The van der Waals surface area contributed by atoms with Crippen LogP contribution < -0.4 is 0 Å². The van der Waals surface area contributed by atoms with Gasteiger partial charge < -0.3 is 14.4 Å². The smallest absolute Gasteiger partial charge is 0.323 e. The van der Waals surface area contributed by atoms with Gasteiger partial charge in [-0.1, -0.05) is 11.8 Å². The Labute approximate surface area is 97.4 Å². The molecule has 0 saturated heterocycles. The molecule has 0 fully saturated rings. The molecule has 0 aliphatic rings. The summed E-state index contributed by atoms with van der Waals surface area (Å²) in [5, 5.41) is 9.27. The summed E-state index contributed by atoms with van der Waals surface area (Å²) in [5.74, 6) is -1.26. The van der Waals surface area contributed by atoms with Gasteiger partial charge in [0.25, 0.3) is 5.91 Å². The fourth-order valence-electron chi connectivity index (χ4n) is 1.19. The van der Waals surface area contributed by atoms with Gasteiger partial charge in [-0.05, 0) is 25.3 Å². The number of nitrogens with zero attached hydrogens (tertiary/aromatic N) is 1. The van der Waals surface area contributed by atoms with Gasteiger partial charge in [-0.25, -0.2) is 0 Å². The Morgan fingerprint density at radius 3 is 2.62 bits per heavy atom. The van der Waals surface area contributed by atoms with E-state index in [-0.39, 0.29) is 12.3 Å². The normalized spacial score (nSPS) is 10.1. The number of furan rings is 1. The minimum atomic E-state index is -1.04. The third-order valence-electron chi connectivity index (χ3n) is 1.99. The van der Waals surface area contributed by atoms with Gasteiger partial charge in [-0.3, -0.25) is 9.59 Å². The van der Waals surface area contributed by atoms with Crippen LogP contribution in [0.5, 0.6) is 0 Å². The Morgan fingerprint density at radius 2 is 2.19 bits per heavy atom. The second kappa shape index (κ2) is 5.60. The average Bonchev–Trinajstić information content (AvgIpc) is 2.73.